The second-order valence-corrected chi connectivity index (χ2v) is 5.85. The van der Waals surface area contributed by atoms with Gasteiger partial charge in [-0.25, -0.2) is 0 Å². The van der Waals surface area contributed by atoms with Gasteiger partial charge in [-0.15, -0.1) is 0 Å². The Kier molecular flexibility index (Phi) is 5.00. The van der Waals surface area contributed by atoms with Gasteiger partial charge in [0.15, 0.2) is 23.9 Å². The van der Waals surface area contributed by atoms with Crippen LogP contribution in [0, 0.1) is 6.92 Å². The number of ether oxygens (including phenoxy) is 1. The first-order chi connectivity index (χ1) is 11.6. The van der Waals surface area contributed by atoms with Gasteiger partial charge < -0.3 is 19.3 Å². The van der Waals surface area contributed by atoms with Crippen LogP contribution >= 0.6 is 0 Å². The molecule has 128 valence electrons. The molecule has 7 nitrogen and oxygen atoms in total. The number of aromatic nitrogens is 1. The van der Waals surface area contributed by atoms with Gasteiger partial charge in [-0.05, 0) is 19.1 Å². The van der Waals surface area contributed by atoms with E-state index in [1.165, 1.54) is 6.07 Å². The highest BCUT2D eigenvalue weighted by molar-refractivity contribution is 5.78. The van der Waals surface area contributed by atoms with Gasteiger partial charge in [0.2, 0.25) is 0 Å². The first kappa shape index (κ1) is 16.3. The zero-order chi connectivity index (χ0) is 16.9. The van der Waals surface area contributed by atoms with E-state index in [1.54, 1.807) is 23.1 Å². The molecule has 1 amide bonds. The van der Waals surface area contributed by atoms with E-state index in [2.05, 4.69) is 10.1 Å². The van der Waals surface area contributed by atoms with Crippen molar-refractivity contribution >= 4 is 5.91 Å². The summed E-state index contributed by atoms with van der Waals surface area (Å²) in [4.78, 5) is 16.2. The lowest BCUT2D eigenvalue weighted by Gasteiger charge is -2.34. The number of carbonyl (C=O) groups is 1. The molecule has 0 aliphatic carbocycles. The van der Waals surface area contributed by atoms with E-state index in [-0.39, 0.29) is 18.3 Å². The van der Waals surface area contributed by atoms with Crippen LogP contribution in [0.25, 0.3) is 0 Å². The number of aryl methyl sites for hydroxylation is 1. The van der Waals surface area contributed by atoms with Crippen LogP contribution in [0.5, 0.6) is 11.5 Å². The minimum absolute atomic E-state index is 0.0393. The van der Waals surface area contributed by atoms with E-state index < -0.39 is 0 Å². The van der Waals surface area contributed by atoms with Crippen LogP contribution in [0.15, 0.2) is 34.9 Å². The molecule has 1 saturated heterocycles. The maximum absolute atomic E-state index is 12.2. The highest BCUT2D eigenvalue weighted by Gasteiger charge is 2.22. The molecule has 0 unspecified atom stereocenters. The average molecular weight is 331 g/mol. The molecule has 1 N–H and O–H groups in total. The number of hydrogen-bond donors (Lipinski definition) is 1. The van der Waals surface area contributed by atoms with Gasteiger partial charge in [0.25, 0.3) is 5.91 Å². The highest BCUT2D eigenvalue weighted by Crippen LogP contribution is 2.24. The van der Waals surface area contributed by atoms with Crippen molar-refractivity contribution in [1.82, 2.24) is 15.0 Å². The number of amides is 1. The lowest BCUT2D eigenvalue weighted by Crippen LogP contribution is -2.49. The molecular weight excluding hydrogens is 310 g/mol. The van der Waals surface area contributed by atoms with Crippen molar-refractivity contribution in [2.24, 2.45) is 0 Å². The Bertz CT molecular complexity index is 693. The number of nitrogens with zero attached hydrogens (tertiary/aromatic N) is 3. The van der Waals surface area contributed by atoms with Crippen molar-refractivity contribution < 1.29 is 19.2 Å². The molecule has 0 bridgehead atoms. The average Bonchev–Trinajstić information content (AvgIpc) is 2.99. The van der Waals surface area contributed by atoms with Crippen molar-refractivity contribution in [2.75, 3.05) is 32.8 Å². The van der Waals surface area contributed by atoms with Crippen molar-refractivity contribution in [1.29, 1.82) is 0 Å². The van der Waals surface area contributed by atoms with E-state index in [4.69, 9.17) is 9.26 Å². The van der Waals surface area contributed by atoms with Gasteiger partial charge in [0.05, 0.1) is 12.2 Å². The number of phenols is 1. The van der Waals surface area contributed by atoms with Gasteiger partial charge >= 0.3 is 0 Å². The van der Waals surface area contributed by atoms with E-state index in [1.807, 2.05) is 13.0 Å². The van der Waals surface area contributed by atoms with Gasteiger partial charge in [-0.2, -0.15) is 0 Å². The highest BCUT2D eigenvalue weighted by atomic mass is 16.5. The summed E-state index contributed by atoms with van der Waals surface area (Å²) in [5.41, 5.74) is 0.875. The molecule has 2 heterocycles. The fourth-order valence-corrected chi connectivity index (χ4v) is 2.68. The quantitative estimate of drug-likeness (QED) is 0.892. The Balaban J connectivity index is 1.44. The van der Waals surface area contributed by atoms with Crippen LogP contribution in [0.2, 0.25) is 0 Å². The topological polar surface area (TPSA) is 79.0 Å². The predicted molar refractivity (Wildman–Crippen MR) is 86.7 cm³/mol. The van der Waals surface area contributed by atoms with Crippen molar-refractivity contribution in [3.05, 3.63) is 41.8 Å². The normalized spacial score (nSPS) is 15.5. The molecule has 1 aliphatic heterocycles. The predicted octanol–water partition coefficient (Wildman–Crippen LogP) is 1.41. The maximum atomic E-state index is 12.2. The van der Waals surface area contributed by atoms with E-state index >= 15 is 0 Å². The number of rotatable bonds is 5. The van der Waals surface area contributed by atoms with Crippen molar-refractivity contribution in [3.63, 3.8) is 0 Å². The summed E-state index contributed by atoms with van der Waals surface area (Å²) in [7, 11) is 0. The molecule has 0 atom stereocenters. The van der Waals surface area contributed by atoms with Crippen LogP contribution in [0.1, 0.15) is 11.5 Å². The van der Waals surface area contributed by atoms with E-state index in [0.717, 1.165) is 24.5 Å². The minimum atomic E-state index is -0.0755. The van der Waals surface area contributed by atoms with Crippen LogP contribution in [0.3, 0.4) is 0 Å². The number of benzene rings is 1. The molecule has 3 rings (SSSR count). The molecule has 1 aromatic heterocycles. The fraction of sp³-hybridized carbons (Fsp3) is 0.412. The summed E-state index contributed by atoms with van der Waals surface area (Å²) in [5, 5.41) is 13.5. The Morgan fingerprint density at radius 2 is 2.04 bits per heavy atom. The number of carbonyl (C=O) groups excluding carboxylic acids is 1. The molecule has 7 heteroatoms. The minimum Gasteiger partial charge on any atom is -0.504 e. The summed E-state index contributed by atoms with van der Waals surface area (Å²) in [6.07, 6.45) is 0. The second kappa shape index (κ2) is 7.35. The number of hydrogen-bond acceptors (Lipinski definition) is 6. The molecule has 2 aromatic rings. The Morgan fingerprint density at radius 1 is 1.29 bits per heavy atom. The number of piperazine rings is 1. The third-order valence-electron chi connectivity index (χ3n) is 4.00. The molecule has 0 spiro atoms. The Hall–Kier alpha value is -2.54. The van der Waals surface area contributed by atoms with Gasteiger partial charge in [-0.1, -0.05) is 17.3 Å². The maximum Gasteiger partial charge on any atom is 0.260 e. The monoisotopic (exact) mass is 331 g/mol. The summed E-state index contributed by atoms with van der Waals surface area (Å²) >= 11 is 0. The van der Waals surface area contributed by atoms with E-state index in [0.29, 0.717) is 25.4 Å². The standard InChI is InChI=1S/C17H21N3O4/c1-13-10-14(24-18-13)11-19-6-8-20(9-7-19)17(22)12-23-16-5-3-2-4-15(16)21/h2-5,10,21H,6-9,11-12H2,1H3. The second-order valence-electron chi connectivity index (χ2n) is 5.85. The molecule has 24 heavy (non-hydrogen) atoms. The summed E-state index contributed by atoms with van der Waals surface area (Å²) < 4.78 is 10.6. The van der Waals surface area contributed by atoms with Crippen LogP contribution in [0.4, 0.5) is 0 Å². The van der Waals surface area contributed by atoms with Crippen LogP contribution in [-0.2, 0) is 11.3 Å². The van der Waals surface area contributed by atoms with Gasteiger partial charge in [0.1, 0.15) is 0 Å². The Labute approximate surface area is 140 Å². The number of para-hydroxylation sites is 2. The molecule has 1 aromatic carbocycles. The largest absolute Gasteiger partial charge is 0.504 e. The van der Waals surface area contributed by atoms with E-state index in [9.17, 15) is 9.90 Å². The summed E-state index contributed by atoms with van der Waals surface area (Å²) in [6.45, 7) is 5.39. The van der Waals surface area contributed by atoms with Gasteiger partial charge in [0, 0.05) is 32.2 Å². The fourth-order valence-electron chi connectivity index (χ4n) is 2.68. The van der Waals surface area contributed by atoms with Crippen molar-refractivity contribution in [3.8, 4) is 11.5 Å². The molecule has 1 aliphatic rings. The number of phenolic OH excluding ortho intramolecular Hbond substituents is 1. The van der Waals surface area contributed by atoms with Crippen LogP contribution < -0.4 is 4.74 Å². The summed E-state index contributed by atoms with van der Waals surface area (Å²) in [6, 6.07) is 8.56. The van der Waals surface area contributed by atoms with Crippen LogP contribution in [-0.4, -0.2) is 58.8 Å². The zero-order valence-corrected chi connectivity index (χ0v) is 13.6. The van der Waals surface area contributed by atoms with Gasteiger partial charge in [-0.3, -0.25) is 9.69 Å². The Morgan fingerprint density at radius 3 is 2.71 bits per heavy atom. The number of aromatic hydroxyl groups is 1. The van der Waals surface area contributed by atoms with Crippen molar-refractivity contribution in [2.45, 2.75) is 13.5 Å². The third-order valence-corrected chi connectivity index (χ3v) is 4.00. The smallest absolute Gasteiger partial charge is 0.260 e. The first-order valence-corrected chi connectivity index (χ1v) is 7.95. The SMILES string of the molecule is Cc1cc(CN2CCN(C(=O)COc3ccccc3O)CC2)on1. The lowest BCUT2D eigenvalue weighted by molar-refractivity contribution is -0.135. The zero-order valence-electron chi connectivity index (χ0n) is 13.6. The molecular formula is C17H21N3O4. The third kappa shape index (κ3) is 4.05. The molecule has 0 radical (unpaired) electrons. The molecule has 1 fully saturated rings. The first-order valence-electron chi connectivity index (χ1n) is 7.95. The molecule has 0 saturated carbocycles. The summed E-state index contributed by atoms with van der Waals surface area (Å²) in [5.74, 6) is 1.13. The lowest BCUT2D eigenvalue weighted by atomic mass is 10.3.